The van der Waals surface area contributed by atoms with Gasteiger partial charge < -0.3 is 14.6 Å². The molecule has 1 aliphatic heterocycles. The zero-order valence-corrected chi connectivity index (χ0v) is 24.2. The molecule has 0 amide bonds. The monoisotopic (exact) mass is 648 g/mol. The third-order valence-electron chi connectivity index (χ3n) is 6.83. The maximum Gasteiger partial charge on any atom is 0.516 e. The van der Waals surface area contributed by atoms with Crippen molar-refractivity contribution >= 4 is 48.9 Å². The molecule has 0 spiro atoms. The van der Waals surface area contributed by atoms with Gasteiger partial charge in [-0.15, -0.1) is 11.3 Å². The summed E-state index contributed by atoms with van der Waals surface area (Å²) in [6, 6.07) is 10.4. The van der Waals surface area contributed by atoms with E-state index in [2.05, 4.69) is 4.98 Å². The van der Waals surface area contributed by atoms with E-state index in [-0.39, 0.29) is 23.7 Å². The van der Waals surface area contributed by atoms with E-state index in [1.807, 2.05) is 0 Å². The normalized spacial score (nSPS) is 18.4. The maximum atomic E-state index is 13.5. The molecule has 2 atom stereocenters. The van der Waals surface area contributed by atoms with Crippen LogP contribution in [0.15, 0.2) is 48.5 Å². The fourth-order valence-corrected chi connectivity index (χ4v) is 6.31. The Morgan fingerprint density at radius 2 is 1.83 bits per heavy atom. The van der Waals surface area contributed by atoms with Crippen LogP contribution >= 0.6 is 22.9 Å². The topological polar surface area (TPSA) is 97.8 Å². The highest BCUT2D eigenvalue weighted by Crippen LogP contribution is 2.47. The first-order valence-electron chi connectivity index (χ1n) is 12.3. The average molecular weight is 649 g/mol. The average Bonchev–Trinajstić information content (AvgIpc) is 3.27. The van der Waals surface area contributed by atoms with Gasteiger partial charge in [0.05, 0.1) is 16.3 Å². The molecule has 0 radical (unpaired) electrons. The number of hydrogen-bond donors (Lipinski definition) is 2. The van der Waals surface area contributed by atoms with Gasteiger partial charge >= 0.3 is 15.5 Å². The lowest BCUT2D eigenvalue weighted by Gasteiger charge is -2.43. The number of sulfonamides is 1. The zero-order chi connectivity index (χ0) is 30.6. The fourth-order valence-electron chi connectivity index (χ4n) is 4.68. The van der Waals surface area contributed by atoms with Crippen molar-refractivity contribution in [2.75, 3.05) is 4.72 Å². The summed E-state index contributed by atoms with van der Waals surface area (Å²) in [6.45, 7) is 3.46. The Hall–Kier alpha value is -3.20. The predicted molar refractivity (Wildman–Crippen MR) is 147 cm³/mol. The standard InChI is InChI=1S/C27H22ClF5N2O5S2/c1-26(2)17(8-13-7-14(3-5-18(13)28)35-42(37,38)27(31,32)33)25(36)16-9-15(4-6-22(16)40-26)39-12-24-34-21-10-19(29)20(30)11-23(21)41-24/h3-7,9-11,17,25,35-36H,8,12H2,1-2H3/t17-,25-/m0/s1. The second-order valence-electron chi connectivity index (χ2n) is 10.1. The van der Waals surface area contributed by atoms with E-state index in [1.54, 1.807) is 32.0 Å². The first-order valence-corrected chi connectivity index (χ1v) is 15.0. The van der Waals surface area contributed by atoms with Gasteiger partial charge in [-0.3, -0.25) is 4.72 Å². The Morgan fingerprint density at radius 1 is 1.12 bits per heavy atom. The number of thiazole rings is 1. The molecule has 5 rings (SSSR count). The second-order valence-corrected chi connectivity index (χ2v) is 13.3. The summed E-state index contributed by atoms with van der Waals surface area (Å²) in [5.41, 5.74) is -5.84. The van der Waals surface area contributed by atoms with Gasteiger partial charge in [0.15, 0.2) is 11.6 Å². The minimum absolute atomic E-state index is 0.0104. The summed E-state index contributed by atoms with van der Waals surface area (Å²) in [5.74, 6) is -1.90. The number of halogens is 6. The number of aromatic nitrogens is 1. The van der Waals surface area contributed by atoms with Crippen LogP contribution in [0.4, 0.5) is 27.6 Å². The molecule has 0 bridgehead atoms. The lowest BCUT2D eigenvalue weighted by atomic mass is 9.76. The van der Waals surface area contributed by atoms with Crippen molar-refractivity contribution in [1.29, 1.82) is 0 Å². The molecule has 15 heteroatoms. The van der Waals surface area contributed by atoms with Gasteiger partial charge in [-0.1, -0.05) is 11.6 Å². The Morgan fingerprint density at radius 3 is 2.55 bits per heavy atom. The van der Waals surface area contributed by atoms with Gasteiger partial charge in [0.2, 0.25) is 0 Å². The van der Waals surface area contributed by atoms with Gasteiger partial charge in [0, 0.05) is 28.3 Å². The number of fused-ring (bicyclic) bond motifs is 2. The molecule has 0 aliphatic carbocycles. The summed E-state index contributed by atoms with van der Waals surface area (Å²) in [7, 11) is -5.65. The number of aliphatic hydroxyl groups is 1. The molecule has 1 aromatic heterocycles. The van der Waals surface area contributed by atoms with Crippen LogP contribution in [-0.4, -0.2) is 29.6 Å². The van der Waals surface area contributed by atoms with E-state index in [0.717, 1.165) is 29.5 Å². The fraction of sp³-hybridized carbons (Fsp3) is 0.296. The lowest BCUT2D eigenvalue weighted by molar-refractivity contribution is -0.0536. The van der Waals surface area contributed by atoms with Gasteiger partial charge in [0.25, 0.3) is 0 Å². The summed E-state index contributed by atoms with van der Waals surface area (Å²) in [6.07, 6.45) is -1.11. The first kappa shape index (κ1) is 30.3. The Labute approximate surface area is 245 Å². The van der Waals surface area contributed by atoms with E-state index in [0.29, 0.717) is 37.9 Å². The molecular weight excluding hydrogens is 627 g/mol. The molecule has 2 N–H and O–H groups in total. The van der Waals surface area contributed by atoms with Gasteiger partial charge in [-0.2, -0.15) is 21.6 Å². The molecule has 0 saturated carbocycles. The van der Waals surface area contributed by atoms with Crippen LogP contribution in [-0.2, 0) is 23.1 Å². The highest BCUT2D eigenvalue weighted by atomic mass is 35.5. The molecular formula is C27H22ClF5N2O5S2. The molecule has 0 fully saturated rings. The number of ether oxygens (including phenoxy) is 2. The smallest absolute Gasteiger partial charge is 0.487 e. The predicted octanol–water partition coefficient (Wildman–Crippen LogP) is 7.13. The van der Waals surface area contributed by atoms with Crippen molar-refractivity contribution in [3.05, 3.63) is 81.3 Å². The van der Waals surface area contributed by atoms with E-state index in [4.69, 9.17) is 21.1 Å². The van der Waals surface area contributed by atoms with Crippen molar-refractivity contribution in [1.82, 2.24) is 4.98 Å². The van der Waals surface area contributed by atoms with Crippen molar-refractivity contribution in [2.24, 2.45) is 5.92 Å². The van der Waals surface area contributed by atoms with Crippen LogP contribution in [0.2, 0.25) is 5.02 Å². The van der Waals surface area contributed by atoms with Crippen LogP contribution in [0.25, 0.3) is 10.2 Å². The third-order valence-corrected chi connectivity index (χ3v) is 9.30. The first-order chi connectivity index (χ1) is 19.5. The number of rotatable bonds is 7. The van der Waals surface area contributed by atoms with Crippen molar-refractivity contribution in [3.63, 3.8) is 0 Å². The number of alkyl halides is 3. The van der Waals surface area contributed by atoms with Crippen LogP contribution in [0.1, 0.15) is 36.1 Å². The second kappa shape index (κ2) is 10.8. The Balaban J connectivity index is 1.36. The van der Waals surface area contributed by atoms with Gasteiger partial charge in [0.1, 0.15) is 28.7 Å². The van der Waals surface area contributed by atoms with Crippen LogP contribution in [0.3, 0.4) is 0 Å². The van der Waals surface area contributed by atoms with Crippen molar-refractivity contribution in [2.45, 2.75) is 44.1 Å². The van der Waals surface area contributed by atoms with Crippen molar-refractivity contribution < 1.29 is 45.0 Å². The molecule has 0 unspecified atom stereocenters. The van der Waals surface area contributed by atoms with Crippen LogP contribution in [0.5, 0.6) is 11.5 Å². The molecule has 224 valence electrons. The summed E-state index contributed by atoms with van der Waals surface area (Å²) in [5, 5.41) is 12.0. The summed E-state index contributed by atoms with van der Waals surface area (Å²) >= 11 is 7.44. The molecule has 0 saturated heterocycles. The molecule has 3 aromatic carbocycles. The van der Waals surface area contributed by atoms with E-state index in [9.17, 15) is 35.5 Å². The van der Waals surface area contributed by atoms with Gasteiger partial charge in [-0.05, 0) is 68.3 Å². The lowest BCUT2D eigenvalue weighted by Crippen LogP contribution is -2.45. The SMILES string of the molecule is CC1(C)Oc2ccc(OCc3nc4cc(F)c(F)cc4s3)cc2[C@H](O)[C@@H]1Cc1cc(NS(=O)(=O)C(F)(F)F)ccc1Cl. The third kappa shape index (κ3) is 5.98. The maximum absolute atomic E-state index is 13.5. The summed E-state index contributed by atoms with van der Waals surface area (Å²) in [4.78, 5) is 4.26. The molecule has 1 aliphatic rings. The molecule has 2 heterocycles. The van der Waals surface area contributed by atoms with E-state index >= 15 is 0 Å². The number of benzene rings is 3. The Bertz CT molecular complexity index is 1740. The number of hydrogen-bond acceptors (Lipinski definition) is 7. The Kier molecular flexibility index (Phi) is 7.79. The summed E-state index contributed by atoms with van der Waals surface area (Å²) < 4.78 is 103. The quantitative estimate of drug-likeness (QED) is 0.207. The minimum atomic E-state index is -5.65. The minimum Gasteiger partial charge on any atom is -0.487 e. The van der Waals surface area contributed by atoms with Crippen LogP contribution < -0.4 is 14.2 Å². The number of anilines is 1. The largest absolute Gasteiger partial charge is 0.516 e. The molecule has 7 nitrogen and oxygen atoms in total. The number of nitrogens with zero attached hydrogens (tertiary/aromatic N) is 1. The molecule has 42 heavy (non-hydrogen) atoms. The zero-order valence-electron chi connectivity index (χ0n) is 21.8. The highest BCUT2D eigenvalue weighted by molar-refractivity contribution is 7.93. The van der Waals surface area contributed by atoms with E-state index in [1.165, 1.54) is 16.9 Å². The number of nitrogens with one attached hydrogen (secondary N) is 1. The highest BCUT2D eigenvalue weighted by Gasteiger charge is 2.46. The molecule has 4 aromatic rings. The van der Waals surface area contributed by atoms with Gasteiger partial charge in [-0.25, -0.2) is 13.8 Å². The van der Waals surface area contributed by atoms with Crippen molar-refractivity contribution in [3.8, 4) is 11.5 Å². The number of aliphatic hydroxyl groups excluding tert-OH is 1. The van der Waals surface area contributed by atoms with Crippen LogP contribution in [0, 0.1) is 17.6 Å². The van der Waals surface area contributed by atoms with E-state index < -0.39 is 44.8 Å².